The largest absolute Gasteiger partial charge is 0.383 e. The van der Waals surface area contributed by atoms with E-state index in [0.29, 0.717) is 6.61 Å². The fourth-order valence-electron chi connectivity index (χ4n) is 1.14. The van der Waals surface area contributed by atoms with Gasteiger partial charge in [-0.3, -0.25) is 0 Å². The van der Waals surface area contributed by atoms with Gasteiger partial charge in [-0.15, -0.1) is 11.3 Å². The Morgan fingerprint density at radius 2 is 2.57 bits per heavy atom. The van der Waals surface area contributed by atoms with E-state index in [-0.39, 0.29) is 6.04 Å². The van der Waals surface area contributed by atoms with Gasteiger partial charge in [-0.1, -0.05) is 0 Å². The zero-order valence-corrected chi connectivity index (χ0v) is 9.22. The lowest BCUT2D eigenvalue weighted by molar-refractivity contribution is 0.179. The van der Waals surface area contributed by atoms with Crippen molar-refractivity contribution in [1.82, 2.24) is 10.3 Å². The van der Waals surface area contributed by atoms with Gasteiger partial charge in [0.2, 0.25) is 0 Å². The van der Waals surface area contributed by atoms with E-state index in [9.17, 15) is 0 Å². The number of thiazole rings is 1. The molecule has 1 unspecified atom stereocenters. The second kappa shape index (κ2) is 6.89. The van der Waals surface area contributed by atoms with Gasteiger partial charge >= 0.3 is 0 Å². The summed E-state index contributed by atoms with van der Waals surface area (Å²) in [6.45, 7) is 2.31. The molecule has 0 saturated heterocycles. The predicted octanol–water partition coefficient (Wildman–Crippen LogP) is 0.249. The van der Waals surface area contributed by atoms with Crippen molar-refractivity contribution in [2.24, 2.45) is 5.73 Å². The lowest BCUT2D eigenvalue weighted by Gasteiger charge is -2.10. The summed E-state index contributed by atoms with van der Waals surface area (Å²) < 4.78 is 4.93. The van der Waals surface area contributed by atoms with Gasteiger partial charge in [-0.05, 0) is 0 Å². The molecule has 0 aliphatic carbocycles. The van der Waals surface area contributed by atoms with E-state index in [1.807, 2.05) is 5.51 Å². The minimum Gasteiger partial charge on any atom is -0.383 e. The van der Waals surface area contributed by atoms with Gasteiger partial charge in [0.15, 0.2) is 0 Å². The van der Waals surface area contributed by atoms with Crippen LogP contribution in [-0.4, -0.2) is 37.8 Å². The molecule has 1 heterocycles. The molecule has 0 bridgehead atoms. The third kappa shape index (κ3) is 4.66. The summed E-state index contributed by atoms with van der Waals surface area (Å²) in [6, 6.07) is 0.0791. The molecule has 80 valence electrons. The van der Waals surface area contributed by atoms with Gasteiger partial charge < -0.3 is 15.8 Å². The number of ether oxygens (including phenoxy) is 1. The van der Waals surface area contributed by atoms with Crippen molar-refractivity contribution in [3.63, 3.8) is 0 Å². The summed E-state index contributed by atoms with van der Waals surface area (Å²) in [5.74, 6) is 0. The first-order valence-electron chi connectivity index (χ1n) is 4.65. The van der Waals surface area contributed by atoms with Gasteiger partial charge in [0.1, 0.15) is 0 Å². The summed E-state index contributed by atoms with van der Waals surface area (Å²) in [5, 5.41) is 5.33. The predicted molar refractivity (Wildman–Crippen MR) is 58.5 cm³/mol. The van der Waals surface area contributed by atoms with E-state index in [1.54, 1.807) is 18.4 Å². The summed E-state index contributed by atoms with van der Waals surface area (Å²) in [6.07, 6.45) is 0.962. The van der Waals surface area contributed by atoms with Gasteiger partial charge in [0.05, 0.1) is 17.8 Å². The minimum absolute atomic E-state index is 0.0791. The average molecular weight is 215 g/mol. The number of hydrogen-bond acceptors (Lipinski definition) is 5. The molecule has 1 atom stereocenters. The standard InChI is InChI=1S/C9H17N3OS/c1-13-5-8(10)4-11-3-2-9-6-14-7-12-9/h6-8,11H,2-5,10H2,1H3. The normalized spacial score (nSPS) is 13.0. The van der Waals surface area contributed by atoms with Crippen molar-refractivity contribution >= 4 is 11.3 Å². The molecule has 4 nitrogen and oxygen atoms in total. The molecule has 0 amide bonds. The van der Waals surface area contributed by atoms with Crippen LogP contribution < -0.4 is 11.1 Å². The Bertz CT molecular complexity index is 228. The highest BCUT2D eigenvalue weighted by Crippen LogP contribution is 2.00. The third-order valence-corrected chi connectivity index (χ3v) is 2.46. The Hall–Kier alpha value is -0.490. The number of nitrogens with two attached hydrogens (primary N) is 1. The molecule has 3 N–H and O–H groups in total. The Morgan fingerprint density at radius 3 is 3.21 bits per heavy atom. The molecule has 0 saturated carbocycles. The number of hydrogen-bond donors (Lipinski definition) is 2. The van der Waals surface area contributed by atoms with Crippen LogP contribution in [-0.2, 0) is 11.2 Å². The second-order valence-electron chi connectivity index (χ2n) is 3.15. The first kappa shape index (κ1) is 11.6. The van der Waals surface area contributed by atoms with Crippen LogP contribution in [0.1, 0.15) is 5.69 Å². The zero-order chi connectivity index (χ0) is 10.2. The molecule has 0 aromatic carbocycles. The average Bonchev–Trinajstić information content (AvgIpc) is 2.65. The lowest BCUT2D eigenvalue weighted by atomic mass is 10.3. The monoisotopic (exact) mass is 215 g/mol. The number of nitrogens with zero attached hydrogens (tertiary/aromatic N) is 1. The van der Waals surface area contributed by atoms with Crippen molar-refractivity contribution in [3.05, 3.63) is 16.6 Å². The molecule has 0 spiro atoms. The number of nitrogens with one attached hydrogen (secondary N) is 1. The fraction of sp³-hybridized carbons (Fsp3) is 0.667. The van der Waals surface area contributed by atoms with Crippen molar-refractivity contribution in [3.8, 4) is 0 Å². The summed E-state index contributed by atoms with van der Waals surface area (Å²) >= 11 is 1.63. The second-order valence-corrected chi connectivity index (χ2v) is 3.87. The molecule has 0 radical (unpaired) electrons. The topological polar surface area (TPSA) is 60.2 Å². The molecule has 14 heavy (non-hydrogen) atoms. The SMILES string of the molecule is COCC(N)CNCCc1cscn1. The molecular weight excluding hydrogens is 198 g/mol. The first-order valence-corrected chi connectivity index (χ1v) is 5.59. The van der Waals surface area contributed by atoms with E-state index in [2.05, 4.69) is 15.7 Å². The maximum atomic E-state index is 5.74. The van der Waals surface area contributed by atoms with Crippen molar-refractivity contribution in [2.75, 3.05) is 26.8 Å². The summed E-state index contributed by atoms with van der Waals surface area (Å²) in [4.78, 5) is 4.19. The maximum absolute atomic E-state index is 5.74. The van der Waals surface area contributed by atoms with Crippen LogP contribution in [0.5, 0.6) is 0 Å². The van der Waals surface area contributed by atoms with Crippen LogP contribution in [0, 0.1) is 0 Å². The smallest absolute Gasteiger partial charge is 0.0794 e. The van der Waals surface area contributed by atoms with E-state index >= 15 is 0 Å². The number of rotatable bonds is 7. The first-order chi connectivity index (χ1) is 6.83. The Labute approximate surface area is 88.5 Å². The number of methoxy groups -OCH3 is 1. The fourth-order valence-corrected chi connectivity index (χ4v) is 1.73. The molecule has 1 aromatic rings. The lowest BCUT2D eigenvalue weighted by Crippen LogP contribution is -2.38. The van der Waals surface area contributed by atoms with Crippen LogP contribution in [0.15, 0.2) is 10.9 Å². The Morgan fingerprint density at radius 1 is 1.71 bits per heavy atom. The molecule has 0 aliphatic rings. The van der Waals surface area contributed by atoms with E-state index in [4.69, 9.17) is 10.5 Å². The molecule has 0 aliphatic heterocycles. The molecular formula is C9H17N3OS. The highest BCUT2D eigenvalue weighted by Gasteiger charge is 2.00. The third-order valence-electron chi connectivity index (χ3n) is 1.83. The quantitative estimate of drug-likeness (QED) is 0.640. The van der Waals surface area contributed by atoms with E-state index in [0.717, 1.165) is 25.2 Å². The minimum atomic E-state index is 0.0791. The molecule has 0 fully saturated rings. The highest BCUT2D eigenvalue weighted by atomic mass is 32.1. The van der Waals surface area contributed by atoms with Crippen LogP contribution in [0.4, 0.5) is 0 Å². The molecule has 5 heteroatoms. The molecule has 1 rings (SSSR count). The van der Waals surface area contributed by atoms with Crippen LogP contribution in [0.3, 0.4) is 0 Å². The zero-order valence-electron chi connectivity index (χ0n) is 8.40. The van der Waals surface area contributed by atoms with Gasteiger partial charge in [-0.25, -0.2) is 4.98 Å². The van der Waals surface area contributed by atoms with Crippen LogP contribution >= 0.6 is 11.3 Å². The van der Waals surface area contributed by atoms with Crippen molar-refractivity contribution in [1.29, 1.82) is 0 Å². The van der Waals surface area contributed by atoms with Gasteiger partial charge in [-0.2, -0.15) is 0 Å². The number of aromatic nitrogens is 1. The van der Waals surface area contributed by atoms with Crippen LogP contribution in [0.25, 0.3) is 0 Å². The Kier molecular flexibility index (Phi) is 5.70. The van der Waals surface area contributed by atoms with Gasteiger partial charge in [0.25, 0.3) is 0 Å². The Balaban J connectivity index is 1.99. The molecule has 1 aromatic heterocycles. The van der Waals surface area contributed by atoms with E-state index < -0.39 is 0 Å². The van der Waals surface area contributed by atoms with Crippen molar-refractivity contribution < 1.29 is 4.74 Å². The van der Waals surface area contributed by atoms with E-state index in [1.165, 1.54) is 0 Å². The maximum Gasteiger partial charge on any atom is 0.0794 e. The summed E-state index contributed by atoms with van der Waals surface area (Å²) in [7, 11) is 1.66. The van der Waals surface area contributed by atoms with Crippen LogP contribution in [0.2, 0.25) is 0 Å². The highest BCUT2D eigenvalue weighted by molar-refractivity contribution is 7.07. The van der Waals surface area contributed by atoms with Crippen molar-refractivity contribution in [2.45, 2.75) is 12.5 Å². The summed E-state index contributed by atoms with van der Waals surface area (Å²) in [5.41, 5.74) is 8.74. The van der Waals surface area contributed by atoms with Gasteiger partial charge in [0, 0.05) is 38.0 Å².